The third kappa shape index (κ3) is 4.13. The Hall–Kier alpha value is -4.05. The van der Waals surface area contributed by atoms with Crippen LogP contribution in [-0.4, -0.2) is 50.2 Å². The molecule has 0 bridgehead atoms. The summed E-state index contributed by atoms with van der Waals surface area (Å²) in [7, 11) is 5.96. The van der Waals surface area contributed by atoms with Gasteiger partial charge in [0.25, 0.3) is 5.78 Å². The summed E-state index contributed by atoms with van der Waals surface area (Å²) in [6, 6.07) is 8.86. The Balaban J connectivity index is 2.00. The molecule has 3 aromatic rings. The molecule has 1 N–H and O–H groups in total. The first-order valence-electron chi connectivity index (χ1n) is 10.9. The molecule has 1 amide bonds. The highest BCUT2D eigenvalue weighted by Crippen LogP contribution is 2.48. The quantitative estimate of drug-likeness (QED) is 0.283. The number of ether oxygens (including phenoxy) is 4. The highest BCUT2D eigenvalue weighted by Gasteiger charge is 2.48. The zero-order valence-corrected chi connectivity index (χ0v) is 21.6. The van der Waals surface area contributed by atoms with Gasteiger partial charge in [-0.3, -0.25) is 14.5 Å². The molecular weight excluding hydrogens is 484 g/mol. The fourth-order valence-corrected chi connectivity index (χ4v) is 5.00. The van der Waals surface area contributed by atoms with Gasteiger partial charge >= 0.3 is 5.91 Å². The zero-order valence-electron chi connectivity index (χ0n) is 20.7. The van der Waals surface area contributed by atoms with E-state index >= 15 is 0 Å². The molecule has 2 aromatic carbocycles. The summed E-state index contributed by atoms with van der Waals surface area (Å²) in [5.41, 5.74) is 1.50. The largest absolute Gasteiger partial charge is 0.507 e. The normalized spacial score (nSPS) is 16.8. The van der Waals surface area contributed by atoms with Gasteiger partial charge < -0.3 is 24.1 Å². The highest BCUT2D eigenvalue weighted by molar-refractivity contribution is 7.16. The molecule has 2 heterocycles. The minimum Gasteiger partial charge on any atom is -0.507 e. The molecule has 1 aliphatic rings. The van der Waals surface area contributed by atoms with E-state index in [0.717, 1.165) is 10.6 Å². The monoisotopic (exact) mass is 510 g/mol. The van der Waals surface area contributed by atoms with E-state index < -0.39 is 17.7 Å². The van der Waals surface area contributed by atoms with Crippen molar-refractivity contribution >= 4 is 33.9 Å². The number of aromatic nitrogens is 1. The number of rotatable bonds is 7. The molecule has 0 saturated carbocycles. The van der Waals surface area contributed by atoms with Gasteiger partial charge in [-0.25, -0.2) is 4.98 Å². The number of thiazole rings is 1. The molecule has 4 rings (SSSR count). The molecule has 0 aliphatic carbocycles. The van der Waals surface area contributed by atoms with Crippen molar-refractivity contribution in [3.8, 4) is 23.0 Å². The lowest BCUT2D eigenvalue weighted by atomic mass is 9.94. The SMILES string of the molecule is COc1ccc(/C(O)=C2\C(=O)C(=O)N(c3nc(C)c(C)s3)C2c2cc(OC)c(OC)c(OC)c2)cc1. The Morgan fingerprint density at radius 2 is 1.56 bits per heavy atom. The fourth-order valence-electron chi connectivity index (χ4n) is 4.07. The van der Waals surface area contributed by atoms with E-state index in [-0.39, 0.29) is 11.3 Å². The maximum absolute atomic E-state index is 13.4. The molecule has 1 unspecified atom stereocenters. The number of aryl methyl sites for hydroxylation is 2. The van der Waals surface area contributed by atoms with E-state index in [4.69, 9.17) is 18.9 Å². The highest BCUT2D eigenvalue weighted by atomic mass is 32.1. The van der Waals surface area contributed by atoms with Crippen LogP contribution in [0.1, 0.15) is 27.7 Å². The van der Waals surface area contributed by atoms with Gasteiger partial charge in [0.2, 0.25) is 5.75 Å². The Morgan fingerprint density at radius 1 is 0.944 bits per heavy atom. The number of hydrogen-bond acceptors (Lipinski definition) is 9. The Kier molecular flexibility index (Phi) is 6.89. The van der Waals surface area contributed by atoms with Crippen molar-refractivity contribution in [1.82, 2.24) is 4.98 Å². The lowest BCUT2D eigenvalue weighted by molar-refractivity contribution is -0.132. The van der Waals surface area contributed by atoms with Crippen LogP contribution in [0.15, 0.2) is 42.0 Å². The molecule has 10 heteroatoms. The topological polar surface area (TPSA) is 107 Å². The number of carbonyl (C=O) groups is 2. The Morgan fingerprint density at radius 3 is 2.03 bits per heavy atom. The first-order valence-corrected chi connectivity index (χ1v) is 11.8. The molecule has 36 heavy (non-hydrogen) atoms. The molecule has 1 saturated heterocycles. The summed E-state index contributed by atoms with van der Waals surface area (Å²) in [6.45, 7) is 3.72. The van der Waals surface area contributed by atoms with Crippen LogP contribution in [0.5, 0.6) is 23.0 Å². The van der Waals surface area contributed by atoms with Crippen molar-refractivity contribution in [2.75, 3.05) is 33.3 Å². The molecule has 1 aromatic heterocycles. The van der Waals surface area contributed by atoms with Crippen LogP contribution in [0.25, 0.3) is 5.76 Å². The number of benzene rings is 2. The van der Waals surface area contributed by atoms with Crippen molar-refractivity contribution in [2.24, 2.45) is 0 Å². The third-order valence-electron chi connectivity index (χ3n) is 6.03. The molecule has 1 aliphatic heterocycles. The van der Waals surface area contributed by atoms with Crippen molar-refractivity contribution in [3.05, 3.63) is 63.7 Å². The number of nitrogens with zero attached hydrogens (tertiary/aromatic N) is 2. The lowest BCUT2D eigenvalue weighted by Crippen LogP contribution is -2.29. The Bertz CT molecular complexity index is 1320. The third-order valence-corrected chi connectivity index (χ3v) is 7.11. The molecule has 0 spiro atoms. The van der Waals surface area contributed by atoms with Gasteiger partial charge in [0, 0.05) is 10.4 Å². The lowest BCUT2D eigenvalue weighted by Gasteiger charge is -2.24. The maximum atomic E-state index is 13.4. The van der Waals surface area contributed by atoms with E-state index in [2.05, 4.69) is 4.98 Å². The number of aliphatic hydroxyl groups excluding tert-OH is 1. The fraction of sp³-hybridized carbons (Fsp3) is 0.269. The summed E-state index contributed by atoms with van der Waals surface area (Å²) in [5.74, 6) is -0.312. The standard InChI is InChI=1S/C26H26N2O7S/c1-13-14(2)36-26(27-13)28-21(16-11-18(33-4)24(35-6)19(12-16)34-5)20(23(30)25(28)31)22(29)15-7-9-17(32-3)10-8-15/h7-12,21,29H,1-6H3/b22-20+. The predicted molar refractivity (Wildman–Crippen MR) is 135 cm³/mol. The van der Waals surface area contributed by atoms with Crippen LogP contribution in [0.2, 0.25) is 0 Å². The van der Waals surface area contributed by atoms with Crippen LogP contribution < -0.4 is 23.8 Å². The van der Waals surface area contributed by atoms with Gasteiger partial charge in [-0.05, 0) is 55.8 Å². The van der Waals surface area contributed by atoms with Crippen molar-refractivity contribution in [1.29, 1.82) is 0 Å². The minimum atomic E-state index is -0.995. The summed E-state index contributed by atoms with van der Waals surface area (Å²) >= 11 is 1.29. The Labute approximate surface area is 212 Å². The van der Waals surface area contributed by atoms with Gasteiger partial charge in [-0.2, -0.15) is 0 Å². The van der Waals surface area contributed by atoms with Crippen LogP contribution in [-0.2, 0) is 9.59 Å². The van der Waals surface area contributed by atoms with Crippen molar-refractivity contribution in [2.45, 2.75) is 19.9 Å². The number of aliphatic hydroxyl groups is 1. The van der Waals surface area contributed by atoms with E-state index in [0.29, 0.717) is 39.3 Å². The maximum Gasteiger partial charge on any atom is 0.301 e. The van der Waals surface area contributed by atoms with Gasteiger partial charge in [0.05, 0.1) is 45.7 Å². The predicted octanol–water partition coefficient (Wildman–Crippen LogP) is 4.42. The van der Waals surface area contributed by atoms with Crippen LogP contribution in [0, 0.1) is 13.8 Å². The number of amides is 1. The number of Topliss-reactive ketones (excluding diaryl/α,β-unsaturated/α-hetero) is 1. The zero-order chi connectivity index (χ0) is 26.1. The summed E-state index contributed by atoms with van der Waals surface area (Å²) in [5, 5.41) is 11.7. The summed E-state index contributed by atoms with van der Waals surface area (Å²) in [6.07, 6.45) is 0. The van der Waals surface area contributed by atoms with E-state index in [9.17, 15) is 14.7 Å². The van der Waals surface area contributed by atoms with Crippen LogP contribution >= 0.6 is 11.3 Å². The van der Waals surface area contributed by atoms with E-state index in [1.165, 1.54) is 44.7 Å². The smallest absolute Gasteiger partial charge is 0.301 e. The van der Waals surface area contributed by atoms with Gasteiger partial charge in [-0.15, -0.1) is 11.3 Å². The summed E-state index contributed by atoms with van der Waals surface area (Å²) in [4.78, 5) is 33.5. The van der Waals surface area contributed by atoms with Crippen LogP contribution in [0.3, 0.4) is 0 Å². The molecule has 1 atom stereocenters. The number of methoxy groups -OCH3 is 4. The number of carbonyl (C=O) groups excluding carboxylic acids is 2. The van der Waals surface area contributed by atoms with Gasteiger partial charge in [-0.1, -0.05) is 0 Å². The molecule has 188 valence electrons. The molecular formula is C26H26N2O7S. The van der Waals surface area contributed by atoms with Crippen molar-refractivity contribution < 1.29 is 33.6 Å². The molecule has 1 fully saturated rings. The number of hydrogen-bond donors (Lipinski definition) is 1. The number of ketones is 1. The second kappa shape index (κ2) is 9.90. The van der Waals surface area contributed by atoms with Gasteiger partial charge in [0.15, 0.2) is 16.6 Å². The second-order valence-corrected chi connectivity index (χ2v) is 9.18. The van der Waals surface area contributed by atoms with Crippen LogP contribution in [0.4, 0.5) is 5.13 Å². The van der Waals surface area contributed by atoms with Crippen molar-refractivity contribution in [3.63, 3.8) is 0 Å². The van der Waals surface area contributed by atoms with Gasteiger partial charge in [0.1, 0.15) is 11.5 Å². The molecule has 0 radical (unpaired) electrons. The van der Waals surface area contributed by atoms with E-state index in [1.54, 1.807) is 36.4 Å². The first-order chi connectivity index (χ1) is 17.2. The number of anilines is 1. The average molecular weight is 511 g/mol. The van der Waals surface area contributed by atoms with E-state index in [1.807, 2.05) is 13.8 Å². The first kappa shape index (κ1) is 25.1. The minimum absolute atomic E-state index is 0.0788. The summed E-state index contributed by atoms with van der Waals surface area (Å²) < 4.78 is 21.6. The molecule has 9 nitrogen and oxygen atoms in total. The second-order valence-electron chi connectivity index (χ2n) is 7.99. The average Bonchev–Trinajstić information content (AvgIpc) is 3.36.